The molecule has 7 heteroatoms. The molecule has 0 saturated carbocycles. The van der Waals surface area contributed by atoms with Crippen molar-refractivity contribution < 1.29 is 8.42 Å². The van der Waals surface area contributed by atoms with Gasteiger partial charge in [-0.25, -0.2) is 18.4 Å². The number of sulfonamides is 1. The zero-order valence-electron chi connectivity index (χ0n) is 14.7. The highest BCUT2D eigenvalue weighted by atomic mass is 32.2. The predicted molar refractivity (Wildman–Crippen MR) is 98.2 cm³/mol. The van der Waals surface area contributed by atoms with Gasteiger partial charge in [0.1, 0.15) is 0 Å². The molecule has 0 aliphatic carbocycles. The minimum absolute atomic E-state index is 0.365. The summed E-state index contributed by atoms with van der Waals surface area (Å²) in [4.78, 5) is 10.8. The Kier molecular flexibility index (Phi) is 5.34. The van der Waals surface area contributed by atoms with Crippen molar-refractivity contribution in [1.29, 1.82) is 0 Å². The molecule has 0 N–H and O–H groups in total. The molecule has 1 aromatic heterocycles. The third-order valence-electron chi connectivity index (χ3n) is 4.77. The lowest BCUT2D eigenvalue weighted by molar-refractivity contribution is 0.382. The standard InChI is InChI=1S/C18H24N4O2S/c1-3-15(2)16-5-7-17(8-6-16)25(23,24)22-13-11-21(12-14-22)18-19-9-4-10-20-18/h4-10,15H,3,11-14H2,1-2H3/t15-/m1/s1. The van der Waals surface area contributed by atoms with Crippen molar-refractivity contribution in [3.63, 3.8) is 0 Å². The van der Waals surface area contributed by atoms with Crippen LogP contribution in [0.2, 0.25) is 0 Å². The summed E-state index contributed by atoms with van der Waals surface area (Å²) in [6.07, 6.45) is 4.43. The molecule has 25 heavy (non-hydrogen) atoms. The van der Waals surface area contributed by atoms with Crippen LogP contribution in [0.3, 0.4) is 0 Å². The average molecular weight is 360 g/mol. The van der Waals surface area contributed by atoms with Gasteiger partial charge in [0, 0.05) is 38.6 Å². The van der Waals surface area contributed by atoms with E-state index in [4.69, 9.17) is 0 Å². The number of aromatic nitrogens is 2. The number of rotatable bonds is 5. The second-order valence-corrected chi connectivity index (χ2v) is 8.26. The Morgan fingerprint density at radius 1 is 1.04 bits per heavy atom. The highest BCUT2D eigenvalue weighted by Crippen LogP contribution is 2.23. The van der Waals surface area contributed by atoms with Gasteiger partial charge >= 0.3 is 0 Å². The molecule has 1 atom stereocenters. The van der Waals surface area contributed by atoms with Crippen molar-refractivity contribution >= 4 is 16.0 Å². The zero-order chi connectivity index (χ0) is 17.9. The quantitative estimate of drug-likeness (QED) is 0.820. The van der Waals surface area contributed by atoms with Crippen molar-refractivity contribution in [2.75, 3.05) is 31.1 Å². The molecule has 0 radical (unpaired) electrons. The lowest BCUT2D eigenvalue weighted by atomic mass is 9.99. The lowest BCUT2D eigenvalue weighted by Crippen LogP contribution is -2.49. The molecule has 0 spiro atoms. The SMILES string of the molecule is CC[C@@H](C)c1ccc(S(=O)(=O)N2CCN(c3ncccn3)CC2)cc1. The van der Waals surface area contributed by atoms with E-state index in [-0.39, 0.29) is 0 Å². The fraction of sp³-hybridized carbons (Fsp3) is 0.444. The molecule has 3 rings (SSSR count). The molecule has 1 saturated heterocycles. The number of benzene rings is 1. The van der Waals surface area contributed by atoms with Crippen molar-refractivity contribution in [3.8, 4) is 0 Å². The van der Waals surface area contributed by atoms with E-state index in [1.165, 1.54) is 5.56 Å². The van der Waals surface area contributed by atoms with Gasteiger partial charge in [-0.3, -0.25) is 0 Å². The zero-order valence-corrected chi connectivity index (χ0v) is 15.5. The molecule has 0 amide bonds. The highest BCUT2D eigenvalue weighted by Gasteiger charge is 2.29. The topological polar surface area (TPSA) is 66.4 Å². The Bertz CT molecular complexity index is 786. The number of anilines is 1. The van der Waals surface area contributed by atoms with Crippen molar-refractivity contribution in [1.82, 2.24) is 14.3 Å². The molecule has 2 aromatic rings. The van der Waals surface area contributed by atoms with E-state index in [1.807, 2.05) is 17.0 Å². The molecule has 0 bridgehead atoms. The maximum atomic E-state index is 12.9. The molecule has 1 fully saturated rings. The van der Waals surface area contributed by atoms with Crippen LogP contribution in [0.25, 0.3) is 0 Å². The third kappa shape index (κ3) is 3.82. The van der Waals surface area contributed by atoms with Crippen LogP contribution >= 0.6 is 0 Å². The van der Waals surface area contributed by atoms with Crippen LogP contribution in [0.5, 0.6) is 0 Å². The van der Waals surface area contributed by atoms with E-state index in [1.54, 1.807) is 34.9 Å². The first-order valence-electron chi connectivity index (χ1n) is 8.64. The Morgan fingerprint density at radius 2 is 1.64 bits per heavy atom. The Balaban J connectivity index is 1.69. The fourth-order valence-corrected chi connectivity index (χ4v) is 4.36. The Labute approximate surface area is 149 Å². The molecule has 6 nitrogen and oxygen atoms in total. The van der Waals surface area contributed by atoms with Gasteiger partial charge in [-0.05, 0) is 36.1 Å². The van der Waals surface area contributed by atoms with Gasteiger partial charge in [-0.15, -0.1) is 0 Å². The largest absolute Gasteiger partial charge is 0.338 e. The van der Waals surface area contributed by atoms with E-state index in [2.05, 4.69) is 23.8 Å². The molecule has 1 aromatic carbocycles. The van der Waals surface area contributed by atoms with Gasteiger partial charge in [-0.1, -0.05) is 26.0 Å². The van der Waals surface area contributed by atoms with Crippen molar-refractivity contribution in [2.45, 2.75) is 31.1 Å². The van der Waals surface area contributed by atoms with Crippen LogP contribution in [0.15, 0.2) is 47.6 Å². The van der Waals surface area contributed by atoms with Gasteiger partial charge in [0.15, 0.2) is 0 Å². The third-order valence-corrected chi connectivity index (χ3v) is 6.69. The molecule has 134 valence electrons. The molecular formula is C18H24N4O2S. The van der Waals surface area contributed by atoms with Crippen molar-refractivity contribution in [3.05, 3.63) is 48.3 Å². The number of hydrogen-bond acceptors (Lipinski definition) is 5. The Morgan fingerprint density at radius 3 is 2.20 bits per heavy atom. The van der Waals surface area contributed by atoms with Crippen LogP contribution in [0.4, 0.5) is 5.95 Å². The predicted octanol–water partition coefficient (Wildman–Crippen LogP) is 2.50. The summed E-state index contributed by atoms with van der Waals surface area (Å²) in [5, 5.41) is 0. The monoisotopic (exact) mass is 360 g/mol. The molecule has 2 heterocycles. The smallest absolute Gasteiger partial charge is 0.243 e. The first-order valence-corrected chi connectivity index (χ1v) is 10.1. The van der Waals surface area contributed by atoms with Gasteiger partial charge in [0.2, 0.25) is 16.0 Å². The van der Waals surface area contributed by atoms with Crippen LogP contribution in [0, 0.1) is 0 Å². The summed E-state index contributed by atoms with van der Waals surface area (Å²) in [6.45, 7) is 6.34. The number of piperazine rings is 1. The average Bonchev–Trinajstić information content (AvgIpc) is 2.68. The highest BCUT2D eigenvalue weighted by molar-refractivity contribution is 7.89. The van der Waals surface area contributed by atoms with E-state index in [0.717, 1.165) is 6.42 Å². The second kappa shape index (κ2) is 7.49. The van der Waals surface area contributed by atoms with E-state index in [0.29, 0.717) is 42.9 Å². The number of nitrogens with zero attached hydrogens (tertiary/aromatic N) is 4. The number of hydrogen-bond donors (Lipinski definition) is 0. The van der Waals surface area contributed by atoms with Crippen LogP contribution < -0.4 is 4.90 Å². The first kappa shape index (κ1) is 17.8. The second-order valence-electron chi connectivity index (χ2n) is 6.32. The van der Waals surface area contributed by atoms with Crippen LogP contribution in [-0.4, -0.2) is 48.9 Å². The lowest BCUT2D eigenvalue weighted by Gasteiger charge is -2.33. The van der Waals surface area contributed by atoms with E-state index >= 15 is 0 Å². The van der Waals surface area contributed by atoms with Gasteiger partial charge in [0.25, 0.3) is 0 Å². The summed E-state index contributed by atoms with van der Waals surface area (Å²) in [5.41, 5.74) is 1.17. The fourth-order valence-electron chi connectivity index (χ4n) is 2.94. The van der Waals surface area contributed by atoms with E-state index in [9.17, 15) is 8.42 Å². The maximum absolute atomic E-state index is 12.9. The van der Waals surface area contributed by atoms with Crippen molar-refractivity contribution in [2.24, 2.45) is 0 Å². The molecule has 1 aliphatic heterocycles. The van der Waals surface area contributed by atoms with Crippen LogP contribution in [-0.2, 0) is 10.0 Å². The Hall–Kier alpha value is -1.99. The minimum Gasteiger partial charge on any atom is -0.338 e. The molecular weight excluding hydrogens is 336 g/mol. The summed E-state index contributed by atoms with van der Waals surface area (Å²) in [6, 6.07) is 9.07. The van der Waals surface area contributed by atoms with E-state index < -0.39 is 10.0 Å². The summed E-state index contributed by atoms with van der Waals surface area (Å²) < 4.78 is 27.3. The summed E-state index contributed by atoms with van der Waals surface area (Å²) >= 11 is 0. The van der Waals surface area contributed by atoms with Gasteiger partial charge in [-0.2, -0.15) is 4.31 Å². The first-order chi connectivity index (χ1) is 12.0. The van der Waals surface area contributed by atoms with Gasteiger partial charge < -0.3 is 4.90 Å². The maximum Gasteiger partial charge on any atom is 0.243 e. The van der Waals surface area contributed by atoms with Gasteiger partial charge in [0.05, 0.1) is 4.90 Å². The summed E-state index contributed by atoms with van der Waals surface area (Å²) in [5.74, 6) is 1.09. The summed E-state index contributed by atoms with van der Waals surface area (Å²) in [7, 11) is -3.45. The molecule has 1 aliphatic rings. The normalized spacial score (nSPS) is 17.4. The molecule has 0 unspecified atom stereocenters. The minimum atomic E-state index is -3.45. The van der Waals surface area contributed by atoms with Crippen LogP contribution in [0.1, 0.15) is 31.7 Å².